The maximum Gasteiger partial charge on any atom is 0.338 e. The predicted molar refractivity (Wildman–Crippen MR) is 127 cm³/mol. The Morgan fingerprint density at radius 3 is 2.25 bits per heavy atom. The SMILES string of the molecule is COc1ccc(OC)c(NC(=O)C(C)OC(=O)c2ccc3c(c2)C(=O)N(c2ccc(F)cc2)C3=O)c1. The van der Waals surface area contributed by atoms with Gasteiger partial charge in [-0.2, -0.15) is 0 Å². The van der Waals surface area contributed by atoms with Gasteiger partial charge in [-0.15, -0.1) is 0 Å². The van der Waals surface area contributed by atoms with E-state index in [4.69, 9.17) is 14.2 Å². The van der Waals surface area contributed by atoms with Gasteiger partial charge in [0.2, 0.25) is 0 Å². The lowest BCUT2D eigenvalue weighted by molar-refractivity contribution is -0.123. The Bertz CT molecular complexity index is 1370. The van der Waals surface area contributed by atoms with Crippen LogP contribution >= 0.6 is 0 Å². The Morgan fingerprint density at radius 1 is 0.889 bits per heavy atom. The number of rotatable bonds is 7. The molecule has 0 fully saturated rings. The number of nitrogens with one attached hydrogen (secondary N) is 1. The van der Waals surface area contributed by atoms with Gasteiger partial charge >= 0.3 is 5.97 Å². The van der Waals surface area contributed by atoms with Crippen LogP contribution in [0.4, 0.5) is 15.8 Å². The summed E-state index contributed by atoms with van der Waals surface area (Å²) in [7, 11) is 2.92. The Hall–Kier alpha value is -4.73. The van der Waals surface area contributed by atoms with Crippen molar-refractivity contribution in [1.29, 1.82) is 0 Å². The van der Waals surface area contributed by atoms with Crippen molar-refractivity contribution in [2.24, 2.45) is 0 Å². The van der Waals surface area contributed by atoms with Gasteiger partial charge in [0.15, 0.2) is 6.10 Å². The summed E-state index contributed by atoms with van der Waals surface area (Å²) in [6.45, 7) is 1.39. The third-order valence-corrected chi connectivity index (χ3v) is 5.52. The second-order valence-corrected chi connectivity index (χ2v) is 7.79. The van der Waals surface area contributed by atoms with Gasteiger partial charge in [0.05, 0.1) is 42.3 Å². The molecule has 3 aromatic rings. The van der Waals surface area contributed by atoms with Gasteiger partial charge < -0.3 is 19.5 Å². The van der Waals surface area contributed by atoms with Crippen LogP contribution in [0.1, 0.15) is 38.0 Å². The fraction of sp³-hybridized carbons (Fsp3) is 0.154. The van der Waals surface area contributed by atoms with E-state index in [9.17, 15) is 23.6 Å². The van der Waals surface area contributed by atoms with E-state index in [0.717, 1.165) is 17.0 Å². The second kappa shape index (κ2) is 9.87. The van der Waals surface area contributed by atoms with Crippen molar-refractivity contribution in [2.75, 3.05) is 24.4 Å². The fourth-order valence-corrected chi connectivity index (χ4v) is 3.62. The Kier molecular flexibility index (Phi) is 6.69. The molecule has 3 aromatic carbocycles. The molecule has 4 rings (SSSR count). The monoisotopic (exact) mass is 492 g/mol. The molecular formula is C26H21FN2O7. The number of amides is 3. The van der Waals surface area contributed by atoms with Crippen molar-refractivity contribution in [3.8, 4) is 11.5 Å². The normalized spacial score (nSPS) is 13.2. The molecule has 10 heteroatoms. The van der Waals surface area contributed by atoms with E-state index in [2.05, 4.69) is 5.32 Å². The number of carbonyl (C=O) groups excluding carboxylic acids is 4. The van der Waals surface area contributed by atoms with Crippen molar-refractivity contribution in [3.05, 3.63) is 83.2 Å². The average Bonchev–Trinajstić information content (AvgIpc) is 3.13. The first kappa shape index (κ1) is 24.4. The molecule has 0 saturated heterocycles. The molecule has 36 heavy (non-hydrogen) atoms. The molecule has 184 valence electrons. The van der Waals surface area contributed by atoms with Crippen LogP contribution in [0.15, 0.2) is 60.7 Å². The van der Waals surface area contributed by atoms with Crippen LogP contribution in [-0.2, 0) is 9.53 Å². The number of nitrogens with zero attached hydrogens (tertiary/aromatic N) is 1. The molecule has 1 unspecified atom stereocenters. The van der Waals surface area contributed by atoms with Gasteiger partial charge in [0, 0.05) is 6.07 Å². The zero-order valence-corrected chi connectivity index (χ0v) is 19.5. The van der Waals surface area contributed by atoms with Crippen LogP contribution in [0.25, 0.3) is 0 Å². The first-order valence-corrected chi connectivity index (χ1v) is 10.8. The average molecular weight is 492 g/mol. The zero-order chi connectivity index (χ0) is 26.0. The molecule has 1 aliphatic rings. The highest BCUT2D eigenvalue weighted by molar-refractivity contribution is 6.34. The first-order chi connectivity index (χ1) is 17.2. The number of methoxy groups -OCH3 is 2. The smallest absolute Gasteiger partial charge is 0.338 e. The van der Waals surface area contributed by atoms with E-state index < -0.39 is 35.6 Å². The van der Waals surface area contributed by atoms with E-state index in [1.54, 1.807) is 18.2 Å². The maximum atomic E-state index is 13.2. The van der Waals surface area contributed by atoms with Crippen molar-refractivity contribution < 1.29 is 37.8 Å². The molecule has 0 aromatic heterocycles. The molecule has 1 N–H and O–H groups in total. The van der Waals surface area contributed by atoms with Crippen LogP contribution in [-0.4, -0.2) is 44.0 Å². The Balaban J connectivity index is 1.48. The molecule has 1 aliphatic heterocycles. The molecule has 0 spiro atoms. The topological polar surface area (TPSA) is 111 Å². The van der Waals surface area contributed by atoms with Crippen molar-refractivity contribution in [3.63, 3.8) is 0 Å². The highest BCUT2D eigenvalue weighted by atomic mass is 19.1. The highest BCUT2D eigenvalue weighted by Crippen LogP contribution is 2.30. The van der Waals surface area contributed by atoms with Crippen LogP contribution in [0.2, 0.25) is 0 Å². The van der Waals surface area contributed by atoms with Gasteiger partial charge in [-0.25, -0.2) is 14.1 Å². The molecule has 0 saturated carbocycles. The van der Waals surface area contributed by atoms with Crippen LogP contribution < -0.4 is 19.7 Å². The molecule has 1 atom stereocenters. The minimum absolute atomic E-state index is 0.00278. The minimum Gasteiger partial charge on any atom is -0.497 e. The number of benzene rings is 3. The number of hydrogen-bond acceptors (Lipinski definition) is 7. The van der Waals surface area contributed by atoms with E-state index >= 15 is 0 Å². The molecule has 9 nitrogen and oxygen atoms in total. The Morgan fingerprint density at radius 2 is 1.58 bits per heavy atom. The van der Waals surface area contributed by atoms with E-state index in [0.29, 0.717) is 17.2 Å². The lowest BCUT2D eigenvalue weighted by atomic mass is 10.1. The quantitative estimate of drug-likeness (QED) is 0.394. The summed E-state index contributed by atoms with van der Waals surface area (Å²) in [6, 6.07) is 13.6. The third-order valence-electron chi connectivity index (χ3n) is 5.52. The van der Waals surface area contributed by atoms with Gasteiger partial charge in [0.1, 0.15) is 17.3 Å². The molecule has 1 heterocycles. The third kappa shape index (κ3) is 4.61. The maximum absolute atomic E-state index is 13.2. The summed E-state index contributed by atoms with van der Waals surface area (Å²) in [6.07, 6.45) is -1.20. The van der Waals surface area contributed by atoms with Crippen molar-refractivity contribution in [2.45, 2.75) is 13.0 Å². The lowest BCUT2D eigenvalue weighted by Gasteiger charge is -2.16. The zero-order valence-electron chi connectivity index (χ0n) is 19.5. The summed E-state index contributed by atoms with van der Waals surface area (Å²) in [5.74, 6) is -2.38. The van der Waals surface area contributed by atoms with Crippen LogP contribution in [0, 0.1) is 5.82 Å². The van der Waals surface area contributed by atoms with Crippen molar-refractivity contribution >= 4 is 35.1 Å². The fourth-order valence-electron chi connectivity index (χ4n) is 3.62. The molecule has 0 bridgehead atoms. The minimum atomic E-state index is -1.20. The first-order valence-electron chi connectivity index (χ1n) is 10.8. The largest absolute Gasteiger partial charge is 0.497 e. The summed E-state index contributed by atoms with van der Waals surface area (Å²) in [4.78, 5) is 51.9. The van der Waals surface area contributed by atoms with Gasteiger partial charge in [-0.1, -0.05) is 0 Å². The molecular weight excluding hydrogens is 471 g/mol. The van der Waals surface area contributed by atoms with E-state index in [1.807, 2.05) is 0 Å². The van der Waals surface area contributed by atoms with Crippen LogP contribution in [0.3, 0.4) is 0 Å². The number of ether oxygens (including phenoxy) is 3. The van der Waals surface area contributed by atoms with Crippen LogP contribution in [0.5, 0.6) is 11.5 Å². The van der Waals surface area contributed by atoms with E-state index in [1.165, 1.54) is 51.5 Å². The summed E-state index contributed by atoms with van der Waals surface area (Å²) >= 11 is 0. The number of hydrogen-bond donors (Lipinski definition) is 1. The molecule has 0 aliphatic carbocycles. The lowest BCUT2D eigenvalue weighted by Crippen LogP contribution is -2.30. The Labute approximate surface area is 205 Å². The molecule has 0 radical (unpaired) electrons. The number of carbonyl (C=O) groups is 4. The van der Waals surface area contributed by atoms with Gasteiger partial charge in [0.25, 0.3) is 17.7 Å². The second-order valence-electron chi connectivity index (χ2n) is 7.79. The summed E-state index contributed by atoms with van der Waals surface area (Å²) < 4.78 is 28.9. The van der Waals surface area contributed by atoms with Gasteiger partial charge in [-0.3, -0.25) is 14.4 Å². The number of fused-ring (bicyclic) bond motifs is 1. The number of imide groups is 1. The molecule has 3 amide bonds. The highest BCUT2D eigenvalue weighted by Gasteiger charge is 2.37. The van der Waals surface area contributed by atoms with Gasteiger partial charge in [-0.05, 0) is 61.5 Å². The van der Waals surface area contributed by atoms with E-state index in [-0.39, 0.29) is 22.4 Å². The van der Waals surface area contributed by atoms with Crippen molar-refractivity contribution in [1.82, 2.24) is 0 Å². The standard InChI is InChI=1S/C26H21FN2O7/c1-14(23(30)28-21-13-18(34-2)9-11-22(21)35-3)36-26(33)15-4-10-19-20(12-15)25(32)29(24(19)31)17-7-5-16(27)6-8-17/h4-14H,1-3H3,(H,28,30). The predicted octanol–water partition coefficient (Wildman–Crippen LogP) is 3.83. The number of halogens is 1. The summed E-state index contributed by atoms with van der Waals surface area (Å²) in [5.41, 5.74) is 0.598. The number of anilines is 2. The number of esters is 1. The summed E-state index contributed by atoms with van der Waals surface area (Å²) in [5, 5.41) is 2.62.